The summed E-state index contributed by atoms with van der Waals surface area (Å²) in [6.07, 6.45) is 2.39. The minimum Gasteiger partial charge on any atom is -0.508 e. The van der Waals surface area contributed by atoms with Crippen LogP contribution in [0.5, 0.6) is 11.5 Å². The van der Waals surface area contributed by atoms with Crippen molar-refractivity contribution in [3.8, 4) is 28.4 Å². The van der Waals surface area contributed by atoms with Gasteiger partial charge < -0.3 is 19.9 Å². The van der Waals surface area contributed by atoms with E-state index in [0.717, 1.165) is 46.7 Å². The molecule has 4 aromatic rings. The van der Waals surface area contributed by atoms with Crippen LogP contribution in [-0.4, -0.2) is 47.0 Å². The van der Waals surface area contributed by atoms with E-state index in [-0.39, 0.29) is 18.1 Å². The molecule has 2 atom stereocenters. The zero-order chi connectivity index (χ0) is 28.2. The lowest BCUT2D eigenvalue weighted by atomic mass is 9.85. The summed E-state index contributed by atoms with van der Waals surface area (Å²) in [4.78, 5) is 26.3. The molecule has 5 rings (SSSR count). The molecule has 0 spiro atoms. The third kappa shape index (κ3) is 5.67. The van der Waals surface area contributed by atoms with Gasteiger partial charge in [0.2, 0.25) is 5.91 Å². The molecule has 0 saturated heterocycles. The number of hydrogen-bond acceptors (Lipinski definition) is 6. The Hall–Kier alpha value is -4.30. The second kappa shape index (κ2) is 11.8. The van der Waals surface area contributed by atoms with E-state index in [1.807, 2.05) is 53.2 Å². The van der Waals surface area contributed by atoms with Gasteiger partial charge in [-0.15, -0.1) is 0 Å². The second-order valence-electron chi connectivity index (χ2n) is 9.73. The van der Waals surface area contributed by atoms with E-state index in [1.165, 1.54) is 7.11 Å². The van der Waals surface area contributed by atoms with Gasteiger partial charge in [-0.25, -0.2) is 9.48 Å². The van der Waals surface area contributed by atoms with E-state index in [1.54, 1.807) is 31.4 Å². The molecule has 1 aliphatic rings. The number of aromatic hydroxyl groups is 1. The fourth-order valence-electron chi connectivity index (χ4n) is 5.16. The number of phenols is 1. The number of rotatable bonds is 8. The highest BCUT2D eigenvalue weighted by atomic mass is 35.5. The van der Waals surface area contributed by atoms with E-state index >= 15 is 0 Å². The minimum atomic E-state index is -0.883. The molecule has 9 heteroatoms. The van der Waals surface area contributed by atoms with Crippen LogP contribution in [0.4, 0.5) is 0 Å². The standard InChI is InChI=1S/C31H30ClN3O5/c1-39-24-16-12-22(13-17-24)35-29(20-8-10-21(32)11-9-20)25-4-3-5-26(28(25)34-35)30(37)33-27(31(38)40-2)18-19-6-14-23(36)15-7-19/h6-17,26-27,36H,3-5,18H2,1-2H3,(H,33,37). The van der Waals surface area contributed by atoms with Crippen LogP contribution in [0.25, 0.3) is 16.9 Å². The number of hydrogen-bond donors (Lipinski definition) is 2. The van der Waals surface area contributed by atoms with Crippen molar-refractivity contribution < 1.29 is 24.2 Å². The van der Waals surface area contributed by atoms with Crippen LogP contribution >= 0.6 is 11.6 Å². The van der Waals surface area contributed by atoms with Crippen LogP contribution < -0.4 is 10.1 Å². The van der Waals surface area contributed by atoms with Gasteiger partial charge in [0.05, 0.1) is 37.2 Å². The Morgan fingerprint density at radius 1 is 1.05 bits per heavy atom. The topological polar surface area (TPSA) is 103 Å². The summed E-state index contributed by atoms with van der Waals surface area (Å²) >= 11 is 6.18. The Bertz CT molecular complexity index is 1500. The molecule has 0 bridgehead atoms. The number of esters is 1. The lowest BCUT2D eigenvalue weighted by Crippen LogP contribution is -2.45. The number of nitrogens with zero attached hydrogens (tertiary/aromatic N) is 2. The summed E-state index contributed by atoms with van der Waals surface area (Å²) in [5.41, 5.74) is 5.15. The molecule has 1 aliphatic carbocycles. The van der Waals surface area contributed by atoms with Gasteiger partial charge in [-0.05, 0) is 73.4 Å². The highest BCUT2D eigenvalue weighted by Crippen LogP contribution is 2.39. The van der Waals surface area contributed by atoms with Gasteiger partial charge in [0, 0.05) is 22.6 Å². The van der Waals surface area contributed by atoms with Crippen LogP contribution in [-0.2, 0) is 27.2 Å². The third-order valence-corrected chi connectivity index (χ3v) is 7.45. The summed E-state index contributed by atoms with van der Waals surface area (Å²) in [5, 5.41) is 18.1. The van der Waals surface area contributed by atoms with Crippen molar-refractivity contribution in [2.24, 2.45) is 0 Å². The van der Waals surface area contributed by atoms with E-state index in [2.05, 4.69) is 5.32 Å². The van der Waals surface area contributed by atoms with E-state index in [0.29, 0.717) is 17.1 Å². The molecule has 206 valence electrons. The number of benzene rings is 3. The first-order chi connectivity index (χ1) is 19.4. The molecule has 0 radical (unpaired) electrons. The van der Waals surface area contributed by atoms with Crippen molar-refractivity contribution >= 4 is 23.5 Å². The molecule has 0 saturated carbocycles. The Labute approximate surface area is 237 Å². The summed E-state index contributed by atoms with van der Waals surface area (Å²) in [6.45, 7) is 0. The van der Waals surface area contributed by atoms with Crippen LogP contribution in [0.15, 0.2) is 72.8 Å². The molecular formula is C31H30ClN3O5. The highest BCUT2D eigenvalue weighted by molar-refractivity contribution is 6.30. The number of halogens is 1. The number of ether oxygens (including phenoxy) is 2. The van der Waals surface area contributed by atoms with Crippen LogP contribution in [0, 0.1) is 0 Å². The number of phenolic OH excluding ortho intramolecular Hbond substituents is 1. The molecule has 40 heavy (non-hydrogen) atoms. The lowest BCUT2D eigenvalue weighted by Gasteiger charge is -2.24. The number of carbonyl (C=O) groups is 2. The normalized spacial score (nSPS) is 15.1. The number of carbonyl (C=O) groups excluding carboxylic acids is 2. The predicted octanol–water partition coefficient (Wildman–Crippen LogP) is 5.23. The summed E-state index contributed by atoms with van der Waals surface area (Å²) in [5.74, 6) is -0.504. The van der Waals surface area contributed by atoms with Gasteiger partial charge in [-0.3, -0.25) is 4.79 Å². The van der Waals surface area contributed by atoms with Gasteiger partial charge in [0.15, 0.2) is 0 Å². The maximum atomic E-state index is 13.7. The lowest BCUT2D eigenvalue weighted by molar-refractivity contribution is -0.145. The van der Waals surface area contributed by atoms with Crippen molar-refractivity contribution in [2.45, 2.75) is 37.6 Å². The number of fused-ring (bicyclic) bond motifs is 1. The van der Waals surface area contributed by atoms with E-state index in [4.69, 9.17) is 26.2 Å². The molecule has 1 heterocycles. The molecule has 8 nitrogen and oxygen atoms in total. The maximum Gasteiger partial charge on any atom is 0.328 e. The first-order valence-electron chi connectivity index (χ1n) is 13.1. The van der Waals surface area contributed by atoms with Crippen LogP contribution in [0.2, 0.25) is 5.02 Å². The van der Waals surface area contributed by atoms with Gasteiger partial charge >= 0.3 is 5.97 Å². The maximum absolute atomic E-state index is 13.7. The molecule has 2 N–H and O–H groups in total. The minimum absolute atomic E-state index is 0.126. The second-order valence-corrected chi connectivity index (χ2v) is 10.2. The largest absolute Gasteiger partial charge is 0.508 e. The van der Waals surface area contributed by atoms with E-state index < -0.39 is 17.9 Å². The highest BCUT2D eigenvalue weighted by Gasteiger charge is 2.35. The number of amides is 1. The fourth-order valence-corrected chi connectivity index (χ4v) is 5.28. The molecule has 1 amide bonds. The van der Waals surface area contributed by atoms with Gasteiger partial charge in [-0.1, -0.05) is 35.9 Å². The first kappa shape index (κ1) is 27.3. The van der Waals surface area contributed by atoms with Gasteiger partial charge in [0.25, 0.3) is 0 Å². The number of aromatic nitrogens is 2. The van der Waals surface area contributed by atoms with Crippen molar-refractivity contribution in [3.63, 3.8) is 0 Å². The predicted molar refractivity (Wildman–Crippen MR) is 152 cm³/mol. The van der Waals surface area contributed by atoms with Gasteiger partial charge in [0.1, 0.15) is 17.5 Å². The Morgan fingerprint density at radius 3 is 2.40 bits per heavy atom. The van der Waals surface area contributed by atoms with E-state index in [9.17, 15) is 14.7 Å². The van der Waals surface area contributed by atoms with Crippen LogP contribution in [0.3, 0.4) is 0 Å². The molecule has 1 aromatic heterocycles. The Morgan fingerprint density at radius 2 is 1.75 bits per heavy atom. The average molecular weight is 560 g/mol. The summed E-state index contributed by atoms with van der Waals surface area (Å²) in [7, 11) is 2.92. The van der Waals surface area contributed by atoms with Crippen LogP contribution in [0.1, 0.15) is 35.6 Å². The average Bonchev–Trinajstić information content (AvgIpc) is 3.37. The van der Waals surface area contributed by atoms with Crippen molar-refractivity contribution in [1.29, 1.82) is 0 Å². The molecule has 0 aliphatic heterocycles. The quantitative estimate of drug-likeness (QED) is 0.287. The smallest absolute Gasteiger partial charge is 0.328 e. The fraction of sp³-hybridized carbons (Fsp3) is 0.258. The third-order valence-electron chi connectivity index (χ3n) is 7.19. The molecular weight excluding hydrogens is 530 g/mol. The molecule has 2 unspecified atom stereocenters. The molecule has 0 fully saturated rings. The zero-order valence-corrected chi connectivity index (χ0v) is 23.0. The Kier molecular flexibility index (Phi) is 8.07. The molecule has 3 aromatic carbocycles. The van der Waals surface area contributed by atoms with Gasteiger partial charge in [-0.2, -0.15) is 5.10 Å². The Balaban J connectivity index is 1.51. The summed E-state index contributed by atoms with van der Waals surface area (Å²) < 4.78 is 12.2. The van der Waals surface area contributed by atoms with Crippen molar-refractivity contribution in [1.82, 2.24) is 15.1 Å². The first-order valence-corrected chi connectivity index (χ1v) is 13.4. The van der Waals surface area contributed by atoms with Crippen molar-refractivity contribution in [2.75, 3.05) is 14.2 Å². The zero-order valence-electron chi connectivity index (χ0n) is 22.3. The number of nitrogens with one attached hydrogen (secondary N) is 1. The van der Waals surface area contributed by atoms with Crippen molar-refractivity contribution in [3.05, 3.63) is 94.6 Å². The monoisotopic (exact) mass is 559 g/mol. The summed E-state index contributed by atoms with van der Waals surface area (Å²) in [6, 6.07) is 20.8. The SMILES string of the molecule is COC(=O)C(Cc1ccc(O)cc1)NC(=O)C1CCCc2c1nn(-c1ccc(OC)cc1)c2-c1ccc(Cl)cc1. The number of methoxy groups -OCH3 is 2.